The van der Waals surface area contributed by atoms with Gasteiger partial charge in [-0.2, -0.15) is 0 Å². The van der Waals surface area contributed by atoms with Crippen LogP contribution in [0, 0.1) is 0 Å². The molecule has 0 aromatic heterocycles. The zero-order valence-electron chi connectivity index (χ0n) is 42.7. The van der Waals surface area contributed by atoms with Crippen LogP contribution in [0.2, 0.25) is 0 Å². The van der Waals surface area contributed by atoms with Crippen molar-refractivity contribution in [2.24, 2.45) is 16.5 Å². The zero-order chi connectivity index (χ0) is 55.0. The van der Waals surface area contributed by atoms with Crippen LogP contribution in [-0.2, 0) is 71.5 Å². The van der Waals surface area contributed by atoms with Crippen molar-refractivity contribution in [1.29, 1.82) is 0 Å². The molecule has 0 unspecified atom stereocenters. The number of amides is 6. The summed E-state index contributed by atoms with van der Waals surface area (Å²) in [4.78, 5) is 102. The Bertz CT molecular complexity index is 2140. The molecule has 1 aliphatic heterocycles. The molecule has 3 rings (SSSR count). The van der Waals surface area contributed by atoms with Gasteiger partial charge < -0.3 is 80.5 Å². The number of nitrogens with zero attached hydrogens (tertiary/aromatic N) is 2. The molecule has 26 heteroatoms. The summed E-state index contributed by atoms with van der Waals surface area (Å²) in [5.74, 6) is -4.08. The van der Waals surface area contributed by atoms with Crippen LogP contribution < -0.4 is 37.5 Å². The van der Waals surface area contributed by atoms with Crippen molar-refractivity contribution in [2.45, 2.75) is 44.6 Å². The number of nitrogens with two attached hydrogens (primary N) is 2. The lowest BCUT2D eigenvalue weighted by molar-refractivity contribution is -0.140. The van der Waals surface area contributed by atoms with E-state index in [0.717, 1.165) is 4.90 Å². The fourth-order valence-corrected chi connectivity index (χ4v) is 6.38. The van der Waals surface area contributed by atoms with Crippen molar-refractivity contribution in [1.82, 2.24) is 20.9 Å². The topological polar surface area (TPSA) is 356 Å². The lowest BCUT2D eigenvalue weighted by Crippen LogP contribution is -2.45. The molecule has 2 aromatic rings. The Balaban J connectivity index is 1.04. The SMILES string of the molecule is NC(N)=Nc1cccc(C(=O)CCC(=O)N[C@@H](CC(=O)O)C(=O)Nc2ccc(OCCCNC(=O)CCOCCOCCOCCOCCOCCOCCOCCOCCNC(=O)CCN3C(=O)C=CC3=O)cc2)c1. The molecule has 0 saturated carbocycles. The largest absolute Gasteiger partial charge is 0.494 e. The van der Waals surface area contributed by atoms with E-state index in [4.69, 9.17) is 54.1 Å². The van der Waals surface area contributed by atoms with E-state index in [1.54, 1.807) is 42.5 Å². The summed E-state index contributed by atoms with van der Waals surface area (Å²) in [5, 5.41) is 19.8. The third-order valence-corrected chi connectivity index (χ3v) is 10.2. The Kier molecular flexibility index (Phi) is 32.9. The van der Waals surface area contributed by atoms with Crippen molar-refractivity contribution in [2.75, 3.05) is 137 Å². The molecule has 0 radical (unpaired) electrons. The van der Waals surface area contributed by atoms with Gasteiger partial charge in [0.1, 0.15) is 11.8 Å². The number of carboxylic acid groups (broad SMARTS) is 1. The minimum absolute atomic E-state index is 0.0316. The molecule has 1 heterocycles. The number of ether oxygens (including phenoxy) is 9. The first-order valence-electron chi connectivity index (χ1n) is 24.8. The second-order valence-electron chi connectivity index (χ2n) is 16.2. The van der Waals surface area contributed by atoms with Crippen LogP contribution in [0.15, 0.2) is 65.7 Å². The Morgan fingerprint density at radius 2 is 1.09 bits per heavy atom. The number of imide groups is 1. The van der Waals surface area contributed by atoms with Gasteiger partial charge in [-0.3, -0.25) is 43.3 Å². The molecule has 26 nitrogen and oxygen atoms in total. The van der Waals surface area contributed by atoms with Gasteiger partial charge in [-0.15, -0.1) is 0 Å². The first-order chi connectivity index (χ1) is 36.8. The van der Waals surface area contributed by atoms with E-state index in [1.807, 2.05) is 0 Å². The minimum Gasteiger partial charge on any atom is -0.494 e. The number of carbonyl (C=O) groups is 8. The highest BCUT2D eigenvalue weighted by Crippen LogP contribution is 2.18. The molecule has 420 valence electrons. The molecule has 0 aliphatic carbocycles. The summed E-state index contributed by atoms with van der Waals surface area (Å²) in [7, 11) is 0. The minimum atomic E-state index is -1.41. The van der Waals surface area contributed by atoms with Crippen LogP contribution in [0.3, 0.4) is 0 Å². The van der Waals surface area contributed by atoms with E-state index in [9.17, 15) is 43.5 Å². The van der Waals surface area contributed by atoms with Gasteiger partial charge in [-0.25, -0.2) is 4.99 Å². The molecular weight excluding hydrogens is 1000 g/mol. The first-order valence-corrected chi connectivity index (χ1v) is 24.8. The molecule has 6 amide bonds. The summed E-state index contributed by atoms with van der Waals surface area (Å²) in [5.41, 5.74) is 11.7. The number of guanidine groups is 1. The number of ketones is 1. The highest BCUT2D eigenvalue weighted by atomic mass is 16.6. The van der Waals surface area contributed by atoms with Crippen LogP contribution in [0.1, 0.15) is 48.9 Å². The summed E-state index contributed by atoms with van der Waals surface area (Å²) in [6, 6.07) is 11.1. The monoisotopic (exact) mass is 1070 g/mol. The Morgan fingerprint density at radius 1 is 0.579 bits per heavy atom. The van der Waals surface area contributed by atoms with Crippen LogP contribution >= 0.6 is 0 Å². The number of hydrogen-bond donors (Lipinski definition) is 7. The number of nitrogens with one attached hydrogen (secondary N) is 4. The molecular formula is C50H72N8O18. The summed E-state index contributed by atoms with van der Waals surface area (Å²) < 4.78 is 49.4. The molecule has 0 fully saturated rings. The van der Waals surface area contributed by atoms with Crippen molar-refractivity contribution in [3.8, 4) is 5.75 Å². The second kappa shape index (κ2) is 39.5. The molecule has 9 N–H and O–H groups in total. The summed E-state index contributed by atoms with van der Waals surface area (Å²) in [6.45, 7) is 7.08. The molecule has 76 heavy (non-hydrogen) atoms. The van der Waals surface area contributed by atoms with E-state index in [0.29, 0.717) is 142 Å². The average molecular weight is 1070 g/mol. The predicted octanol–water partition coefficient (Wildman–Crippen LogP) is -0.00810. The van der Waals surface area contributed by atoms with Gasteiger partial charge in [0.05, 0.1) is 124 Å². The number of aliphatic carboxylic acids is 1. The smallest absolute Gasteiger partial charge is 0.305 e. The van der Waals surface area contributed by atoms with E-state index in [2.05, 4.69) is 26.3 Å². The number of carboxylic acids is 1. The molecule has 0 bridgehead atoms. The van der Waals surface area contributed by atoms with Gasteiger partial charge in [0.2, 0.25) is 23.6 Å². The van der Waals surface area contributed by atoms with Crippen LogP contribution in [0.25, 0.3) is 0 Å². The predicted molar refractivity (Wildman–Crippen MR) is 273 cm³/mol. The van der Waals surface area contributed by atoms with Crippen molar-refractivity contribution >= 4 is 64.5 Å². The van der Waals surface area contributed by atoms with E-state index in [-0.39, 0.29) is 68.0 Å². The third kappa shape index (κ3) is 30.5. The highest BCUT2D eigenvalue weighted by molar-refractivity contribution is 6.13. The van der Waals surface area contributed by atoms with Crippen LogP contribution in [0.5, 0.6) is 5.75 Å². The number of carbonyl (C=O) groups excluding carboxylic acids is 7. The molecule has 2 aromatic carbocycles. The van der Waals surface area contributed by atoms with Crippen LogP contribution in [0.4, 0.5) is 11.4 Å². The van der Waals surface area contributed by atoms with E-state index >= 15 is 0 Å². The van der Waals surface area contributed by atoms with Gasteiger partial charge in [-0.1, -0.05) is 12.1 Å². The van der Waals surface area contributed by atoms with Crippen molar-refractivity contribution in [3.05, 3.63) is 66.2 Å². The average Bonchev–Trinajstić information content (AvgIpc) is 3.72. The third-order valence-electron chi connectivity index (χ3n) is 10.2. The van der Waals surface area contributed by atoms with Gasteiger partial charge in [0.15, 0.2) is 11.7 Å². The van der Waals surface area contributed by atoms with Gasteiger partial charge >= 0.3 is 5.97 Å². The second-order valence-corrected chi connectivity index (χ2v) is 16.2. The van der Waals surface area contributed by atoms with Crippen molar-refractivity contribution in [3.63, 3.8) is 0 Å². The standard InChI is InChI=1S/C50H72N8O18/c51-50(52)56-39-4-1-3-37(35-39)42(59)9-10-45(62)57-41(36-48(65)66)49(67)55-38-5-7-40(8-6-38)76-18-2-15-53-44(61)14-19-68-21-23-70-25-27-72-29-31-74-33-34-75-32-30-73-28-26-71-24-22-69-20-16-54-43(60)13-17-58-46(63)11-12-47(58)64/h1,3-8,11-12,35,41H,2,9-10,13-34,36H2,(H,53,61)(H,54,60)(H,55,67)(H,57,62)(H,65,66)(H4,51,52,56)/t41-/m0/s1. The maximum absolute atomic E-state index is 12.9. The number of rotatable bonds is 45. The lowest BCUT2D eigenvalue weighted by atomic mass is 10.1. The van der Waals surface area contributed by atoms with E-state index < -0.39 is 42.1 Å². The summed E-state index contributed by atoms with van der Waals surface area (Å²) >= 11 is 0. The van der Waals surface area contributed by atoms with Gasteiger partial charge in [-0.05, 0) is 42.8 Å². The van der Waals surface area contributed by atoms with E-state index in [1.165, 1.54) is 18.2 Å². The number of Topliss-reactive ketones (excluding diaryl/α,β-unsaturated/α-hetero) is 1. The fourth-order valence-electron chi connectivity index (χ4n) is 6.38. The van der Waals surface area contributed by atoms with Gasteiger partial charge in [0.25, 0.3) is 11.8 Å². The fraction of sp³-hybridized carbons (Fsp3) is 0.540. The quantitative estimate of drug-likeness (QED) is 0.0151. The highest BCUT2D eigenvalue weighted by Gasteiger charge is 2.25. The number of hydrogen-bond acceptors (Lipinski definition) is 18. The van der Waals surface area contributed by atoms with Gasteiger partial charge in [0, 0.05) is 68.7 Å². The number of aliphatic imine (C=N–C) groups is 1. The Labute approximate surface area is 440 Å². The number of anilines is 1. The number of benzene rings is 2. The zero-order valence-corrected chi connectivity index (χ0v) is 42.7. The Morgan fingerprint density at radius 3 is 1.63 bits per heavy atom. The summed E-state index contributed by atoms with van der Waals surface area (Å²) in [6.07, 6.45) is 1.93. The molecule has 1 aliphatic rings. The maximum Gasteiger partial charge on any atom is 0.305 e. The Hall–Kier alpha value is -6.91. The normalized spacial score (nSPS) is 12.3. The maximum atomic E-state index is 12.9. The molecule has 0 spiro atoms. The lowest BCUT2D eigenvalue weighted by Gasteiger charge is -2.17. The first kappa shape index (κ1) is 63.4. The van der Waals surface area contributed by atoms with Crippen molar-refractivity contribution < 1.29 is 86.1 Å². The van der Waals surface area contributed by atoms with Crippen LogP contribution in [-0.4, -0.2) is 201 Å². The molecule has 0 saturated heterocycles. The molecule has 1 atom stereocenters.